The normalized spacial score (nSPS) is 12.3. The van der Waals surface area contributed by atoms with E-state index in [0.29, 0.717) is 0 Å². The summed E-state index contributed by atoms with van der Waals surface area (Å²) in [6.45, 7) is 9.21. The molecule has 8 heteroatoms. The van der Waals surface area contributed by atoms with Crippen LogP contribution in [0.5, 0.6) is 17.2 Å². The molecule has 3 rings (SSSR count). The van der Waals surface area contributed by atoms with Gasteiger partial charge in [-0.3, -0.25) is 9.59 Å². The zero-order chi connectivity index (χ0) is 23.8. The van der Waals surface area contributed by atoms with Gasteiger partial charge in [0.1, 0.15) is 17.1 Å². The van der Waals surface area contributed by atoms with Crippen LogP contribution < -0.4 is 14.9 Å². The standard InChI is InChI=1S/C24H23F3O5/c1-13(2)22(29)31-16-10-11-17-18(12-16)32-21(24(25,26)27)20(19(17)28)30-15-8-6-14(7-9-15)23(3,4)5/h6-13H,1-5H3. The molecule has 0 bridgehead atoms. The van der Waals surface area contributed by atoms with Gasteiger partial charge in [0.25, 0.3) is 5.76 Å². The summed E-state index contributed by atoms with van der Waals surface area (Å²) in [6.07, 6.45) is -4.99. The second kappa shape index (κ2) is 8.33. The molecule has 0 saturated heterocycles. The molecule has 1 aromatic heterocycles. The lowest BCUT2D eigenvalue weighted by Gasteiger charge is -2.19. The number of benzene rings is 2. The summed E-state index contributed by atoms with van der Waals surface area (Å²) >= 11 is 0. The quantitative estimate of drug-likeness (QED) is 0.338. The van der Waals surface area contributed by atoms with E-state index >= 15 is 0 Å². The molecule has 1 heterocycles. The van der Waals surface area contributed by atoms with Gasteiger partial charge in [0.15, 0.2) is 0 Å². The third kappa shape index (κ3) is 4.95. The maximum atomic E-state index is 13.7. The van der Waals surface area contributed by atoms with Gasteiger partial charge in [-0.2, -0.15) is 13.2 Å². The third-order valence-corrected chi connectivity index (χ3v) is 4.71. The van der Waals surface area contributed by atoms with E-state index in [1.165, 1.54) is 24.3 Å². The van der Waals surface area contributed by atoms with Crippen LogP contribution in [0.1, 0.15) is 45.9 Å². The average molecular weight is 448 g/mol. The van der Waals surface area contributed by atoms with Crippen molar-refractivity contribution < 1.29 is 31.9 Å². The van der Waals surface area contributed by atoms with E-state index in [9.17, 15) is 22.8 Å². The smallest absolute Gasteiger partial charge is 0.449 e. The van der Waals surface area contributed by atoms with Crippen molar-refractivity contribution in [1.82, 2.24) is 0 Å². The Morgan fingerprint density at radius 1 is 0.969 bits per heavy atom. The van der Waals surface area contributed by atoms with Gasteiger partial charge >= 0.3 is 12.1 Å². The monoisotopic (exact) mass is 448 g/mol. The van der Waals surface area contributed by atoms with Crippen LogP contribution in [-0.4, -0.2) is 5.97 Å². The maximum absolute atomic E-state index is 13.7. The predicted octanol–water partition coefficient (Wildman–Crippen LogP) is 6.46. The Balaban J connectivity index is 2.08. The van der Waals surface area contributed by atoms with E-state index in [1.807, 2.05) is 20.8 Å². The lowest BCUT2D eigenvalue weighted by atomic mass is 9.87. The third-order valence-electron chi connectivity index (χ3n) is 4.71. The van der Waals surface area contributed by atoms with Crippen molar-refractivity contribution in [3.63, 3.8) is 0 Å². The highest BCUT2D eigenvalue weighted by molar-refractivity contribution is 5.81. The first-order chi connectivity index (χ1) is 14.8. The first-order valence-electron chi connectivity index (χ1n) is 9.95. The number of ether oxygens (including phenoxy) is 2. The fourth-order valence-corrected chi connectivity index (χ4v) is 2.87. The predicted molar refractivity (Wildman–Crippen MR) is 113 cm³/mol. The van der Waals surface area contributed by atoms with Crippen LogP contribution in [0.3, 0.4) is 0 Å². The first kappa shape index (κ1) is 23.4. The van der Waals surface area contributed by atoms with Gasteiger partial charge in [-0.1, -0.05) is 46.8 Å². The van der Waals surface area contributed by atoms with Crippen molar-refractivity contribution in [2.45, 2.75) is 46.2 Å². The van der Waals surface area contributed by atoms with Crippen molar-refractivity contribution in [2.75, 3.05) is 0 Å². The minimum atomic E-state index is -4.99. The molecule has 2 aromatic carbocycles. The van der Waals surface area contributed by atoms with Gasteiger partial charge in [-0.15, -0.1) is 0 Å². The van der Waals surface area contributed by atoms with E-state index in [0.717, 1.165) is 11.6 Å². The number of hydrogen-bond donors (Lipinski definition) is 0. The molecule has 0 fully saturated rings. The van der Waals surface area contributed by atoms with Gasteiger partial charge in [0.05, 0.1) is 11.3 Å². The molecular formula is C24H23F3O5. The Bertz CT molecular complexity index is 1200. The highest BCUT2D eigenvalue weighted by Gasteiger charge is 2.40. The molecule has 0 saturated carbocycles. The molecule has 0 aliphatic heterocycles. The van der Waals surface area contributed by atoms with E-state index in [-0.39, 0.29) is 27.9 Å². The molecule has 0 radical (unpaired) electrons. The van der Waals surface area contributed by atoms with Crippen molar-refractivity contribution in [1.29, 1.82) is 0 Å². The highest BCUT2D eigenvalue weighted by atomic mass is 19.4. The Kier molecular flexibility index (Phi) is 6.09. The number of carbonyl (C=O) groups is 1. The van der Waals surface area contributed by atoms with Crippen LogP contribution in [0, 0.1) is 5.92 Å². The van der Waals surface area contributed by atoms with Crippen molar-refractivity contribution in [3.8, 4) is 17.2 Å². The van der Waals surface area contributed by atoms with Crippen LogP contribution in [0.2, 0.25) is 0 Å². The lowest BCUT2D eigenvalue weighted by molar-refractivity contribution is -0.154. The SMILES string of the molecule is CC(C)C(=O)Oc1ccc2c(=O)c(Oc3ccc(C(C)(C)C)cc3)c(C(F)(F)F)oc2c1. The summed E-state index contributed by atoms with van der Waals surface area (Å²) in [6, 6.07) is 10.1. The van der Waals surface area contributed by atoms with Gasteiger partial charge in [-0.05, 0) is 35.2 Å². The van der Waals surface area contributed by atoms with Crippen LogP contribution >= 0.6 is 0 Å². The second-order valence-electron chi connectivity index (χ2n) is 8.70. The van der Waals surface area contributed by atoms with Crippen LogP contribution in [-0.2, 0) is 16.4 Å². The maximum Gasteiger partial charge on any atom is 0.453 e. The molecule has 32 heavy (non-hydrogen) atoms. The molecule has 0 amide bonds. The topological polar surface area (TPSA) is 65.7 Å². The molecule has 0 aliphatic carbocycles. The Morgan fingerprint density at radius 3 is 2.09 bits per heavy atom. The van der Waals surface area contributed by atoms with Crippen LogP contribution in [0.4, 0.5) is 13.2 Å². The number of alkyl halides is 3. The average Bonchev–Trinajstić information content (AvgIpc) is 2.68. The summed E-state index contributed by atoms with van der Waals surface area (Å²) in [4.78, 5) is 24.6. The van der Waals surface area contributed by atoms with Gasteiger partial charge in [0.2, 0.25) is 11.2 Å². The summed E-state index contributed by atoms with van der Waals surface area (Å²) < 4.78 is 56.6. The molecule has 3 aromatic rings. The number of carbonyl (C=O) groups excluding carboxylic acids is 1. The minimum Gasteiger partial charge on any atom is -0.449 e. The number of halogens is 3. The van der Waals surface area contributed by atoms with Crippen molar-refractivity contribution >= 4 is 16.9 Å². The van der Waals surface area contributed by atoms with Gasteiger partial charge < -0.3 is 13.9 Å². The van der Waals surface area contributed by atoms with E-state index in [4.69, 9.17) is 13.9 Å². The number of hydrogen-bond acceptors (Lipinski definition) is 5. The molecule has 0 spiro atoms. The zero-order valence-electron chi connectivity index (χ0n) is 18.3. The summed E-state index contributed by atoms with van der Waals surface area (Å²) in [5, 5.41) is -0.136. The summed E-state index contributed by atoms with van der Waals surface area (Å²) in [5.74, 6) is -3.50. The molecule has 170 valence electrons. The van der Waals surface area contributed by atoms with Crippen LogP contribution in [0.15, 0.2) is 51.7 Å². The van der Waals surface area contributed by atoms with Crippen LogP contribution in [0.25, 0.3) is 11.0 Å². The number of esters is 1. The highest BCUT2D eigenvalue weighted by Crippen LogP contribution is 2.39. The van der Waals surface area contributed by atoms with Gasteiger partial charge in [-0.25, -0.2) is 0 Å². The van der Waals surface area contributed by atoms with Gasteiger partial charge in [0, 0.05) is 6.07 Å². The Morgan fingerprint density at radius 2 is 1.56 bits per heavy atom. The fourth-order valence-electron chi connectivity index (χ4n) is 2.87. The Hall–Kier alpha value is -3.29. The summed E-state index contributed by atoms with van der Waals surface area (Å²) in [7, 11) is 0. The molecule has 5 nitrogen and oxygen atoms in total. The molecular weight excluding hydrogens is 425 g/mol. The first-order valence-corrected chi connectivity index (χ1v) is 9.95. The summed E-state index contributed by atoms with van der Waals surface area (Å²) in [5.41, 5.74) is -0.559. The molecule has 0 aliphatic rings. The molecule has 0 N–H and O–H groups in total. The van der Waals surface area contributed by atoms with E-state index in [2.05, 4.69) is 0 Å². The van der Waals surface area contributed by atoms with Crippen molar-refractivity contribution in [3.05, 3.63) is 64.0 Å². The zero-order valence-corrected chi connectivity index (χ0v) is 18.3. The second-order valence-corrected chi connectivity index (χ2v) is 8.70. The fraction of sp³-hybridized carbons (Fsp3) is 0.333. The minimum absolute atomic E-state index is 0.0288. The molecule has 0 unspecified atom stereocenters. The largest absolute Gasteiger partial charge is 0.453 e. The van der Waals surface area contributed by atoms with E-state index < -0.39 is 35.0 Å². The van der Waals surface area contributed by atoms with Crippen molar-refractivity contribution in [2.24, 2.45) is 5.92 Å². The molecule has 0 atom stereocenters. The van der Waals surface area contributed by atoms with E-state index in [1.54, 1.807) is 26.0 Å². The Labute approximate surface area is 182 Å². The number of fused-ring (bicyclic) bond motifs is 1. The lowest BCUT2D eigenvalue weighted by Crippen LogP contribution is -2.16. The number of rotatable bonds is 4.